The van der Waals surface area contributed by atoms with Crippen molar-refractivity contribution in [2.75, 3.05) is 12.4 Å². The molecule has 12 heavy (non-hydrogen) atoms. The van der Waals surface area contributed by atoms with Gasteiger partial charge in [-0.25, -0.2) is 14.8 Å². The molecular formula is C6H7BrN4O. The topological polar surface area (TPSA) is 66.9 Å². The van der Waals surface area contributed by atoms with Crippen LogP contribution in [0.2, 0.25) is 0 Å². The van der Waals surface area contributed by atoms with E-state index in [9.17, 15) is 4.79 Å². The van der Waals surface area contributed by atoms with E-state index >= 15 is 0 Å². The monoisotopic (exact) mass is 230 g/mol. The Bertz CT molecular complexity index is 273. The lowest BCUT2D eigenvalue weighted by Crippen LogP contribution is -2.25. The third-order valence-electron chi connectivity index (χ3n) is 1.07. The molecule has 0 bridgehead atoms. The van der Waals surface area contributed by atoms with Crippen molar-refractivity contribution in [3.8, 4) is 0 Å². The average Bonchev–Trinajstić information content (AvgIpc) is 2.09. The summed E-state index contributed by atoms with van der Waals surface area (Å²) in [4.78, 5) is 18.4. The number of carbonyl (C=O) groups excluding carboxylic acids is 1. The smallest absolute Gasteiger partial charge is 0.321 e. The number of hydrogen-bond donors (Lipinski definition) is 2. The summed E-state index contributed by atoms with van der Waals surface area (Å²) in [5, 5.41) is 4.81. The Labute approximate surface area is 77.7 Å². The predicted octanol–water partition coefficient (Wildman–Crippen LogP) is 0.990. The van der Waals surface area contributed by atoms with Gasteiger partial charge in [0.05, 0.1) is 4.47 Å². The van der Waals surface area contributed by atoms with Crippen LogP contribution in [0.1, 0.15) is 0 Å². The van der Waals surface area contributed by atoms with Gasteiger partial charge in [-0.1, -0.05) is 0 Å². The van der Waals surface area contributed by atoms with Crippen molar-refractivity contribution in [3.05, 3.63) is 16.9 Å². The Morgan fingerprint density at radius 2 is 2.08 bits per heavy atom. The lowest BCUT2D eigenvalue weighted by Gasteiger charge is -2.00. The second-order valence-electron chi connectivity index (χ2n) is 1.93. The first-order valence-electron chi connectivity index (χ1n) is 3.18. The van der Waals surface area contributed by atoms with E-state index in [1.165, 1.54) is 7.05 Å². The Morgan fingerprint density at radius 1 is 1.50 bits per heavy atom. The molecule has 0 fully saturated rings. The number of halogens is 1. The molecule has 2 N–H and O–H groups in total. The molecule has 0 aromatic carbocycles. The first kappa shape index (κ1) is 8.92. The molecular weight excluding hydrogens is 224 g/mol. The molecule has 6 heteroatoms. The summed E-state index contributed by atoms with van der Waals surface area (Å²) in [7, 11) is 1.52. The second-order valence-corrected chi connectivity index (χ2v) is 2.84. The Hall–Kier alpha value is -1.17. The number of hydrogen-bond acceptors (Lipinski definition) is 3. The van der Waals surface area contributed by atoms with E-state index < -0.39 is 0 Å². The molecule has 0 aliphatic carbocycles. The summed E-state index contributed by atoms with van der Waals surface area (Å²) in [6.45, 7) is 0. The van der Waals surface area contributed by atoms with Crippen LogP contribution < -0.4 is 10.6 Å². The van der Waals surface area contributed by atoms with E-state index in [1.54, 1.807) is 12.4 Å². The Balaban J connectivity index is 2.64. The maximum Gasteiger partial charge on any atom is 0.321 e. The van der Waals surface area contributed by atoms with Crippen molar-refractivity contribution in [2.45, 2.75) is 0 Å². The van der Waals surface area contributed by atoms with Crippen molar-refractivity contribution in [2.24, 2.45) is 0 Å². The minimum absolute atomic E-state index is 0.276. The highest BCUT2D eigenvalue weighted by molar-refractivity contribution is 9.10. The van der Waals surface area contributed by atoms with Gasteiger partial charge in [0, 0.05) is 19.4 Å². The van der Waals surface area contributed by atoms with E-state index in [1.807, 2.05) is 0 Å². The van der Waals surface area contributed by atoms with Gasteiger partial charge in [0.25, 0.3) is 0 Å². The molecule has 0 atom stereocenters. The number of anilines is 1. The maximum atomic E-state index is 10.8. The summed E-state index contributed by atoms with van der Waals surface area (Å²) in [5.74, 6) is 0.276. The summed E-state index contributed by atoms with van der Waals surface area (Å²) >= 11 is 3.18. The van der Waals surface area contributed by atoms with Gasteiger partial charge in [0.15, 0.2) is 0 Å². The van der Waals surface area contributed by atoms with Crippen LogP contribution in [0.4, 0.5) is 10.7 Å². The number of carbonyl (C=O) groups is 1. The quantitative estimate of drug-likeness (QED) is 0.757. The second kappa shape index (κ2) is 4.01. The van der Waals surface area contributed by atoms with Crippen LogP contribution in [0.15, 0.2) is 16.9 Å². The predicted molar refractivity (Wildman–Crippen MR) is 47.8 cm³/mol. The fourth-order valence-corrected chi connectivity index (χ4v) is 0.746. The van der Waals surface area contributed by atoms with Gasteiger partial charge in [0.1, 0.15) is 0 Å². The molecule has 0 saturated carbocycles. The van der Waals surface area contributed by atoms with E-state index in [0.717, 1.165) is 4.47 Å². The standard InChI is InChI=1S/C6H7BrN4O/c1-8-6(12)11-5-9-2-4(7)3-10-5/h2-3H,1H3,(H2,8,9,10,11,12). The SMILES string of the molecule is CNC(=O)Nc1ncc(Br)cn1. The molecule has 0 aliphatic rings. The normalized spacial score (nSPS) is 9.17. The molecule has 1 heterocycles. The number of nitrogens with one attached hydrogen (secondary N) is 2. The van der Waals surface area contributed by atoms with Crippen LogP contribution in [-0.2, 0) is 0 Å². The third-order valence-corrected chi connectivity index (χ3v) is 1.48. The highest BCUT2D eigenvalue weighted by atomic mass is 79.9. The first-order valence-corrected chi connectivity index (χ1v) is 3.98. The largest absolute Gasteiger partial charge is 0.341 e. The molecule has 0 aliphatic heterocycles. The van der Waals surface area contributed by atoms with Crippen molar-refractivity contribution < 1.29 is 4.79 Å². The summed E-state index contributed by atoms with van der Waals surface area (Å²) in [6.07, 6.45) is 3.11. The zero-order valence-electron chi connectivity index (χ0n) is 6.34. The molecule has 5 nitrogen and oxygen atoms in total. The van der Waals surface area contributed by atoms with Crippen LogP contribution in [0.25, 0.3) is 0 Å². The molecule has 1 rings (SSSR count). The van der Waals surface area contributed by atoms with Crippen LogP contribution in [0, 0.1) is 0 Å². The van der Waals surface area contributed by atoms with Crippen molar-refractivity contribution >= 4 is 27.9 Å². The molecule has 2 amide bonds. The van der Waals surface area contributed by atoms with Gasteiger partial charge in [0.2, 0.25) is 5.95 Å². The molecule has 0 spiro atoms. The average molecular weight is 231 g/mol. The maximum absolute atomic E-state index is 10.8. The molecule has 1 aromatic heterocycles. The van der Waals surface area contributed by atoms with Crippen LogP contribution in [0.3, 0.4) is 0 Å². The zero-order chi connectivity index (χ0) is 8.97. The fraction of sp³-hybridized carbons (Fsp3) is 0.167. The van der Waals surface area contributed by atoms with E-state index in [0.29, 0.717) is 0 Å². The highest BCUT2D eigenvalue weighted by Gasteiger charge is 1.99. The highest BCUT2D eigenvalue weighted by Crippen LogP contribution is 2.06. The number of urea groups is 1. The summed E-state index contributed by atoms with van der Waals surface area (Å²) in [5.41, 5.74) is 0. The lowest BCUT2D eigenvalue weighted by molar-refractivity contribution is 0.254. The van der Waals surface area contributed by atoms with Gasteiger partial charge in [-0.15, -0.1) is 0 Å². The molecule has 0 saturated heterocycles. The minimum atomic E-state index is -0.336. The van der Waals surface area contributed by atoms with E-state index in [2.05, 4.69) is 36.5 Å². The molecule has 0 radical (unpaired) electrons. The van der Waals surface area contributed by atoms with Crippen LogP contribution in [0.5, 0.6) is 0 Å². The van der Waals surface area contributed by atoms with Crippen molar-refractivity contribution in [1.29, 1.82) is 0 Å². The molecule has 1 aromatic rings. The van der Waals surface area contributed by atoms with Gasteiger partial charge in [-0.05, 0) is 15.9 Å². The zero-order valence-corrected chi connectivity index (χ0v) is 7.92. The Kier molecular flexibility index (Phi) is 2.98. The first-order chi connectivity index (χ1) is 5.72. The Morgan fingerprint density at radius 3 is 2.58 bits per heavy atom. The van der Waals surface area contributed by atoms with E-state index in [-0.39, 0.29) is 12.0 Å². The molecule has 64 valence electrons. The third kappa shape index (κ3) is 2.46. The summed E-state index contributed by atoms with van der Waals surface area (Å²) < 4.78 is 0.768. The number of amides is 2. The lowest BCUT2D eigenvalue weighted by atomic mass is 10.7. The van der Waals surface area contributed by atoms with Gasteiger partial charge >= 0.3 is 6.03 Å². The van der Waals surface area contributed by atoms with E-state index in [4.69, 9.17) is 0 Å². The summed E-state index contributed by atoms with van der Waals surface area (Å²) in [6, 6.07) is -0.336. The fourth-order valence-electron chi connectivity index (χ4n) is 0.541. The van der Waals surface area contributed by atoms with Crippen molar-refractivity contribution in [1.82, 2.24) is 15.3 Å². The van der Waals surface area contributed by atoms with Crippen LogP contribution >= 0.6 is 15.9 Å². The molecule has 0 unspecified atom stereocenters. The van der Waals surface area contributed by atoms with Crippen LogP contribution in [-0.4, -0.2) is 23.0 Å². The number of rotatable bonds is 1. The van der Waals surface area contributed by atoms with Gasteiger partial charge in [-0.3, -0.25) is 5.32 Å². The minimum Gasteiger partial charge on any atom is -0.341 e. The van der Waals surface area contributed by atoms with Gasteiger partial charge < -0.3 is 5.32 Å². The number of nitrogens with zero attached hydrogens (tertiary/aromatic N) is 2. The number of aromatic nitrogens is 2. The van der Waals surface area contributed by atoms with Gasteiger partial charge in [-0.2, -0.15) is 0 Å². The van der Waals surface area contributed by atoms with Crippen molar-refractivity contribution in [3.63, 3.8) is 0 Å².